The molecule has 96 valence electrons. The van der Waals surface area contributed by atoms with E-state index in [2.05, 4.69) is 15.9 Å². The first kappa shape index (κ1) is 11.9. The van der Waals surface area contributed by atoms with Gasteiger partial charge in [-0.25, -0.2) is 4.79 Å². The van der Waals surface area contributed by atoms with Gasteiger partial charge in [0.2, 0.25) is 0 Å². The van der Waals surface area contributed by atoms with Crippen LogP contribution in [0.3, 0.4) is 0 Å². The summed E-state index contributed by atoms with van der Waals surface area (Å²) in [7, 11) is 0. The molecule has 4 atom stereocenters. The highest BCUT2D eigenvalue weighted by Crippen LogP contribution is 2.52. The number of hydrogen-bond acceptors (Lipinski definition) is 4. The molecule has 0 radical (unpaired) electrons. The topological polar surface area (TPSA) is 63.7 Å². The monoisotopic (exact) mass is 313 g/mol. The first-order valence-corrected chi connectivity index (χ1v) is 7.08. The van der Waals surface area contributed by atoms with Crippen LogP contribution >= 0.6 is 15.9 Å². The average molecular weight is 314 g/mol. The van der Waals surface area contributed by atoms with Crippen LogP contribution in [-0.2, 0) is 19.2 Å². The quantitative estimate of drug-likeness (QED) is 0.443. The van der Waals surface area contributed by atoms with Crippen molar-refractivity contribution in [2.45, 2.75) is 12.8 Å². The summed E-state index contributed by atoms with van der Waals surface area (Å²) in [5.41, 5.74) is 0. The molecule has 0 aromatic rings. The molecule has 1 saturated carbocycles. The minimum atomic E-state index is -0.561. The van der Waals surface area contributed by atoms with Gasteiger partial charge in [0.25, 0.3) is 11.8 Å². The maximum Gasteiger partial charge on any atom is 0.334 e. The van der Waals surface area contributed by atoms with Gasteiger partial charge in [0, 0.05) is 5.33 Å². The molecule has 2 bridgehead atoms. The van der Waals surface area contributed by atoms with Crippen LogP contribution in [0, 0.1) is 23.7 Å². The van der Waals surface area contributed by atoms with E-state index in [1.54, 1.807) is 0 Å². The Morgan fingerprint density at radius 2 is 1.83 bits per heavy atom. The summed E-state index contributed by atoms with van der Waals surface area (Å²) in [6, 6.07) is 0. The second-order valence-electron chi connectivity index (χ2n) is 4.87. The van der Waals surface area contributed by atoms with Crippen molar-refractivity contribution in [1.82, 2.24) is 5.06 Å². The van der Waals surface area contributed by atoms with Crippen molar-refractivity contribution in [3.63, 3.8) is 0 Å². The van der Waals surface area contributed by atoms with E-state index >= 15 is 0 Å². The summed E-state index contributed by atoms with van der Waals surface area (Å²) in [5, 5.41) is 1.13. The van der Waals surface area contributed by atoms with Gasteiger partial charge in [-0.2, -0.15) is 0 Å². The fourth-order valence-corrected chi connectivity index (χ4v) is 3.51. The minimum Gasteiger partial charge on any atom is -0.330 e. The number of allylic oxidation sites excluding steroid dienone is 2. The van der Waals surface area contributed by atoms with Gasteiger partial charge >= 0.3 is 5.97 Å². The lowest BCUT2D eigenvalue weighted by molar-refractivity contribution is -0.199. The van der Waals surface area contributed by atoms with Gasteiger partial charge in [-0.15, -0.1) is 5.06 Å². The molecule has 2 aliphatic carbocycles. The number of nitrogens with zero attached hydrogens (tertiary/aromatic N) is 1. The van der Waals surface area contributed by atoms with E-state index < -0.39 is 5.97 Å². The summed E-state index contributed by atoms with van der Waals surface area (Å²) >= 11 is 3.11. The highest BCUT2D eigenvalue weighted by molar-refractivity contribution is 9.09. The van der Waals surface area contributed by atoms with Crippen molar-refractivity contribution in [2.24, 2.45) is 23.7 Å². The number of alkyl halides is 1. The van der Waals surface area contributed by atoms with Crippen LogP contribution in [-0.4, -0.2) is 28.2 Å². The maximum atomic E-state index is 12.1. The molecule has 1 saturated heterocycles. The Hall–Kier alpha value is -1.17. The van der Waals surface area contributed by atoms with Gasteiger partial charge in [0.1, 0.15) is 0 Å². The average Bonchev–Trinajstić information content (AvgIpc) is 2.99. The zero-order chi connectivity index (χ0) is 12.9. The van der Waals surface area contributed by atoms with Crippen molar-refractivity contribution in [2.75, 3.05) is 5.33 Å². The number of imide groups is 1. The SMILES string of the molecule is O=C(CCBr)ON1C(=O)[C@@H]2[C@H](C1=O)[C@@H]1C=C[C@H]2C1. The predicted molar refractivity (Wildman–Crippen MR) is 64.1 cm³/mol. The molecule has 3 aliphatic rings. The van der Waals surface area contributed by atoms with E-state index in [1.807, 2.05) is 12.2 Å². The standard InChI is InChI=1S/C12H12BrNO4/c13-4-3-8(15)18-14-11(16)9-6-1-2-7(5-6)10(9)12(14)17/h1-2,6-7,9-10H,3-5H2/t6-,7+,9-,10+. The number of hydroxylamine groups is 2. The van der Waals surface area contributed by atoms with E-state index in [0.717, 1.165) is 6.42 Å². The Labute approximate surface area is 112 Å². The molecule has 1 aliphatic heterocycles. The summed E-state index contributed by atoms with van der Waals surface area (Å²) in [5.74, 6) is -1.63. The number of amides is 2. The molecule has 6 heteroatoms. The Morgan fingerprint density at radius 3 is 2.33 bits per heavy atom. The van der Waals surface area contributed by atoms with E-state index in [4.69, 9.17) is 4.84 Å². The molecule has 5 nitrogen and oxygen atoms in total. The van der Waals surface area contributed by atoms with E-state index in [1.165, 1.54) is 0 Å². The van der Waals surface area contributed by atoms with Crippen molar-refractivity contribution >= 4 is 33.7 Å². The lowest BCUT2D eigenvalue weighted by Crippen LogP contribution is -2.35. The third-order valence-electron chi connectivity index (χ3n) is 3.92. The lowest BCUT2D eigenvalue weighted by atomic mass is 9.85. The lowest BCUT2D eigenvalue weighted by Gasteiger charge is -2.15. The first-order valence-electron chi connectivity index (χ1n) is 5.96. The molecule has 0 spiro atoms. The van der Waals surface area contributed by atoms with Crippen LogP contribution in [0.15, 0.2) is 12.2 Å². The van der Waals surface area contributed by atoms with Gasteiger partial charge < -0.3 is 4.84 Å². The molecule has 3 rings (SSSR count). The third kappa shape index (κ3) is 1.55. The molecule has 0 unspecified atom stereocenters. The molecule has 0 N–H and O–H groups in total. The number of rotatable bonds is 3. The summed E-state index contributed by atoms with van der Waals surface area (Å²) in [6.45, 7) is 0. The van der Waals surface area contributed by atoms with Crippen LogP contribution in [0.5, 0.6) is 0 Å². The van der Waals surface area contributed by atoms with Crippen molar-refractivity contribution in [1.29, 1.82) is 0 Å². The zero-order valence-corrected chi connectivity index (χ0v) is 11.1. The molecule has 0 aromatic heterocycles. The van der Waals surface area contributed by atoms with E-state index in [9.17, 15) is 14.4 Å². The van der Waals surface area contributed by atoms with Crippen LogP contribution in [0.25, 0.3) is 0 Å². The Morgan fingerprint density at radius 1 is 1.28 bits per heavy atom. The maximum absolute atomic E-state index is 12.1. The van der Waals surface area contributed by atoms with Crippen molar-refractivity contribution in [3.8, 4) is 0 Å². The number of fused-ring (bicyclic) bond motifs is 5. The molecule has 2 fully saturated rings. The number of carbonyl (C=O) groups is 3. The fourth-order valence-electron chi connectivity index (χ4n) is 3.19. The number of carbonyl (C=O) groups excluding carboxylic acids is 3. The largest absolute Gasteiger partial charge is 0.334 e. The second kappa shape index (κ2) is 4.19. The molecule has 1 heterocycles. The van der Waals surface area contributed by atoms with Gasteiger partial charge in [0.15, 0.2) is 0 Å². The van der Waals surface area contributed by atoms with Gasteiger partial charge in [-0.1, -0.05) is 28.1 Å². The highest BCUT2D eigenvalue weighted by Gasteiger charge is 2.60. The van der Waals surface area contributed by atoms with Gasteiger partial charge in [-0.3, -0.25) is 9.59 Å². The normalized spacial score (nSPS) is 36.4. The number of hydrogen-bond donors (Lipinski definition) is 0. The Kier molecular flexibility index (Phi) is 2.77. The van der Waals surface area contributed by atoms with E-state index in [-0.39, 0.29) is 41.9 Å². The molecule has 2 amide bonds. The highest BCUT2D eigenvalue weighted by atomic mass is 79.9. The summed E-state index contributed by atoms with van der Waals surface area (Å²) < 4.78 is 0. The second-order valence-corrected chi connectivity index (χ2v) is 5.67. The molecule has 18 heavy (non-hydrogen) atoms. The predicted octanol–water partition coefficient (Wildman–Crippen LogP) is 1.04. The molecular weight excluding hydrogens is 302 g/mol. The molecule has 0 aromatic carbocycles. The van der Waals surface area contributed by atoms with Crippen molar-refractivity contribution in [3.05, 3.63) is 12.2 Å². The van der Waals surface area contributed by atoms with Gasteiger partial charge in [0.05, 0.1) is 18.3 Å². The fraction of sp³-hybridized carbons (Fsp3) is 0.583. The zero-order valence-electron chi connectivity index (χ0n) is 9.54. The summed E-state index contributed by atoms with van der Waals surface area (Å²) in [6.07, 6.45) is 5.01. The first-order chi connectivity index (χ1) is 8.63. The molecular formula is C12H12BrNO4. The smallest absolute Gasteiger partial charge is 0.330 e. The third-order valence-corrected chi connectivity index (χ3v) is 4.32. The van der Waals surface area contributed by atoms with Crippen LogP contribution in [0.4, 0.5) is 0 Å². The van der Waals surface area contributed by atoms with E-state index in [0.29, 0.717) is 10.4 Å². The number of halogens is 1. The van der Waals surface area contributed by atoms with Crippen LogP contribution in [0.1, 0.15) is 12.8 Å². The van der Waals surface area contributed by atoms with Crippen LogP contribution < -0.4 is 0 Å². The Balaban J connectivity index is 1.78. The van der Waals surface area contributed by atoms with Crippen LogP contribution in [0.2, 0.25) is 0 Å². The minimum absolute atomic E-state index is 0.135. The summed E-state index contributed by atoms with van der Waals surface area (Å²) in [4.78, 5) is 40.5. The Bertz CT molecular complexity index is 431. The van der Waals surface area contributed by atoms with Gasteiger partial charge in [-0.05, 0) is 18.3 Å². The van der Waals surface area contributed by atoms with Crippen molar-refractivity contribution < 1.29 is 19.2 Å².